The predicted octanol–water partition coefficient (Wildman–Crippen LogP) is -3.44. The van der Waals surface area contributed by atoms with Gasteiger partial charge >= 0.3 is 29.8 Å². The van der Waals surface area contributed by atoms with E-state index in [1.807, 2.05) is 0 Å². The van der Waals surface area contributed by atoms with Gasteiger partial charge in [0.15, 0.2) is 11.6 Å². The third-order valence-corrected chi connectivity index (χ3v) is 13.8. The van der Waals surface area contributed by atoms with Crippen molar-refractivity contribution in [1.29, 1.82) is 0 Å². The normalized spacial score (nSPS) is 15.4. The number of hydrogen-bond acceptors (Lipinski definition) is 19. The standard InChI is InChI=1S/C53H82N10O23S/c1-27(2)22-36(49(81)55-24-40(67)58-37(26-87-6)52(84)56-28(3)29(4)64)62-53(85)38-8-7-20-63(38)41(68)25-86-21-19-54-48(80)33(11-16-44(73)74)60-51(83)35(13-18-46(77)78)61-50(82)34(12-17-45(75)76)59-47(79)31(9-14-42(69)70)23-39(66)32(57-30(5)65)10-15-43(71)72/h27-28,31-38H,7-26H2,1-6H3,(H,54,80)(H,55,81)(H,56,84)(H,57,65)(H,58,67)(H,59,79)(H,60,83)(H,61,82)(H,62,85)(H,69,70)(H,71,72)(H,73,74)(H,75,76)(H,77,78)/t28-,31-,32+,33+,34+,35+,36-,37-,38-/m0/s1. The number of aliphatic carboxylic acids is 5. The lowest BCUT2D eigenvalue weighted by Gasteiger charge is -2.27. The summed E-state index contributed by atoms with van der Waals surface area (Å²) >= 11 is 1.26. The quantitative estimate of drug-likeness (QED) is 0.0264. The van der Waals surface area contributed by atoms with Crippen LogP contribution in [0.1, 0.15) is 125 Å². The van der Waals surface area contributed by atoms with Crippen molar-refractivity contribution in [2.24, 2.45) is 11.8 Å². The molecule has 33 nitrogen and oxygen atoms in total. The Morgan fingerprint density at radius 2 is 1.01 bits per heavy atom. The van der Waals surface area contributed by atoms with E-state index in [4.69, 9.17) is 9.84 Å². The summed E-state index contributed by atoms with van der Waals surface area (Å²) in [6.45, 7) is 5.63. The number of hydrogen-bond donors (Lipinski definition) is 14. The van der Waals surface area contributed by atoms with Gasteiger partial charge in [0.05, 0.1) is 25.2 Å². The number of carboxylic acid groups (broad SMARTS) is 5. The van der Waals surface area contributed by atoms with Crippen LogP contribution in [0.15, 0.2) is 0 Å². The zero-order chi connectivity index (χ0) is 66.1. The fourth-order valence-corrected chi connectivity index (χ4v) is 9.07. The number of thioether (sulfide) groups is 1. The fraction of sp³-hybridized carbons (Fsp3) is 0.679. The largest absolute Gasteiger partial charge is 0.481 e. The molecule has 1 fully saturated rings. The van der Waals surface area contributed by atoms with E-state index in [1.54, 1.807) is 20.1 Å². The number of nitrogens with zero attached hydrogens (tertiary/aromatic N) is 1. The van der Waals surface area contributed by atoms with Crippen molar-refractivity contribution in [2.75, 3.05) is 44.9 Å². The van der Waals surface area contributed by atoms with E-state index in [9.17, 15) is 102 Å². The summed E-state index contributed by atoms with van der Waals surface area (Å²) in [5.74, 6) is -18.7. The van der Waals surface area contributed by atoms with Crippen LogP contribution in [0.4, 0.5) is 0 Å². The molecule has 488 valence electrons. The first kappa shape index (κ1) is 76.7. The summed E-state index contributed by atoms with van der Waals surface area (Å²) < 4.78 is 5.47. The molecule has 0 radical (unpaired) electrons. The molecule has 9 atom stereocenters. The fourth-order valence-electron chi connectivity index (χ4n) is 8.50. The Labute approximate surface area is 504 Å². The van der Waals surface area contributed by atoms with Crippen LogP contribution in [-0.4, -0.2) is 224 Å². The van der Waals surface area contributed by atoms with Crippen LogP contribution in [0.25, 0.3) is 0 Å². The van der Waals surface area contributed by atoms with Gasteiger partial charge < -0.3 is 83.0 Å². The third kappa shape index (κ3) is 31.6. The number of Topliss-reactive ketones (excluding diaryl/α,β-unsaturated/α-hetero) is 2. The summed E-state index contributed by atoms with van der Waals surface area (Å²) in [5, 5.41) is 68.3. The van der Waals surface area contributed by atoms with Crippen molar-refractivity contribution in [2.45, 2.75) is 173 Å². The lowest BCUT2D eigenvalue weighted by Crippen LogP contribution is -2.57. The lowest BCUT2D eigenvalue weighted by molar-refractivity contribution is -0.142. The van der Waals surface area contributed by atoms with Crippen LogP contribution >= 0.6 is 11.8 Å². The molecule has 1 saturated heterocycles. The Hall–Kier alpha value is -8.30. The maximum Gasteiger partial charge on any atom is 0.303 e. The van der Waals surface area contributed by atoms with Gasteiger partial charge in [-0.25, -0.2) is 0 Å². The van der Waals surface area contributed by atoms with Crippen molar-refractivity contribution < 1.29 is 112 Å². The first-order chi connectivity index (χ1) is 40.8. The van der Waals surface area contributed by atoms with E-state index in [0.29, 0.717) is 6.42 Å². The number of carbonyl (C=O) groups excluding carboxylic acids is 12. The molecule has 0 spiro atoms. The highest BCUT2D eigenvalue weighted by atomic mass is 32.2. The zero-order valence-electron chi connectivity index (χ0n) is 49.4. The van der Waals surface area contributed by atoms with E-state index in [1.165, 1.54) is 30.5 Å². The first-order valence-corrected chi connectivity index (χ1v) is 29.3. The van der Waals surface area contributed by atoms with Gasteiger partial charge in [-0.1, -0.05) is 13.8 Å². The Morgan fingerprint density at radius 3 is 1.49 bits per heavy atom. The highest BCUT2D eigenvalue weighted by molar-refractivity contribution is 7.98. The number of carbonyl (C=O) groups is 17. The van der Waals surface area contributed by atoms with Gasteiger partial charge in [0.25, 0.3) is 0 Å². The van der Waals surface area contributed by atoms with Crippen molar-refractivity contribution >= 4 is 112 Å². The van der Waals surface area contributed by atoms with Crippen molar-refractivity contribution in [3.05, 3.63) is 0 Å². The molecule has 1 rings (SSSR count). The van der Waals surface area contributed by atoms with Gasteiger partial charge in [0.2, 0.25) is 59.1 Å². The van der Waals surface area contributed by atoms with Crippen LogP contribution in [0.2, 0.25) is 0 Å². The van der Waals surface area contributed by atoms with E-state index in [2.05, 4.69) is 47.9 Å². The summed E-state index contributed by atoms with van der Waals surface area (Å²) in [6, 6.07) is -10.9. The highest BCUT2D eigenvalue weighted by Gasteiger charge is 2.38. The van der Waals surface area contributed by atoms with Gasteiger partial charge in [-0.2, -0.15) is 11.8 Å². The third-order valence-electron chi connectivity index (χ3n) is 13.1. The van der Waals surface area contributed by atoms with E-state index >= 15 is 0 Å². The molecule has 14 N–H and O–H groups in total. The number of carboxylic acids is 5. The van der Waals surface area contributed by atoms with Crippen LogP contribution in [0.5, 0.6) is 0 Å². The monoisotopic (exact) mass is 1260 g/mol. The Bertz CT molecular complexity index is 2500. The Balaban J connectivity index is 3.15. The maximum atomic E-state index is 13.8. The molecule has 0 bridgehead atoms. The minimum Gasteiger partial charge on any atom is -0.481 e. The average Bonchev–Trinajstić information content (AvgIpc) is 2.90. The molecule has 1 aliphatic heterocycles. The minimum absolute atomic E-state index is 0.128. The molecule has 0 aromatic rings. The van der Waals surface area contributed by atoms with Crippen LogP contribution in [-0.2, 0) is 86.2 Å². The average molecular weight is 1260 g/mol. The van der Waals surface area contributed by atoms with Gasteiger partial charge in [-0.3, -0.25) is 81.5 Å². The van der Waals surface area contributed by atoms with Gasteiger partial charge in [0.1, 0.15) is 42.9 Å². The number of ether oxygens (including phenoxy) is 1. The summed E-state index contributed by atoms with van der Waals surface area (Å²) in [4.78, 5) is 216. The highest BCUT2D eigenvalue weighted by Crippen LogP contribution is 2.20. The van der Waals surface area contributed by atoms with Gasteiger partial charge in [-0.15, -0.1) is 0 Å². The smallest absolute Gasteiger partial charge is 0.303 e. The molecular weight excluding hydrogens is 1180 g/mol. The molecule has 0 aromatic carbocycles. The topological polar surface area (TPSA) is 512 Å². The van der Waals surface area contributed by atoms with Crippen molar-refractivity contribution in [3.8, 4) is 0 Å². The number of likely N-dealkylation sites (tertiary alicyclic amines) is 1. The molecule has 34 heteroatoms. The lowest BCUT2D eigenvalue weighted by atomic mass is 9.91. The van der Waals surface area contributed by atoms with Crippen LogP contribution < -0.4 is 47.9 Å². The van der Waals surface area contributed by atoms with E-state index in [-0.39, 0.29) is 50.0 Å². The second-order valence-corrected chi connectivity index (χ2v) is 21.8. The van der Waals surface area contributed by atoms with Crippen LogP contribution in [0.3, 0.4) is 0 Å². The van der Waals surface area contributed by atoms with E-state index in [0.717, 1.165) is 6.92 Å². The molecular formula is C53H82N10O23S. The zero-order valence-corrected chi connectivity index (χ0v) is 50.2. The van der Waals surface area contributed by atoms with Gasteiger partial charge in [-0.05, 0) is 77.4 Å². The number of rotatable bonds is 44. The number of amides is 10. The van der Waals surface area contributed by atoms with E-state index < -0.39 is 233 Å². The van der Waals surface area contributed by atoms with Gasteiger partial charge in [0, 0.05) is 70.2 Å². The minimum atomic E-state index is -1.87. The van der Waals surface area contributed by atoms with Crippen LogP contribution in [0, 0.1) is 11.8 Å². The number of nitrogens with one attached hydrogen (secondary N) is 9. The second-order valence-electron chi connectivity index (χ2n) is 20.9. The second kappa shape index (κ2) is 40.1. The Kier molecular flexibility index (Phi) is 35.4. The molecule has 0 unspecified atom stereocenters. The molecule has 0 aromatic heterocycles. The summed E-state index contributed by atoms with van der Waals surface area (Å²) in [6.07, 6.45) is -4.92. The summed E-state index contributed by atoms with van der Waals surface area (Å²) in [5.41, 5.74) is 0. The summed E-state index contributed by atoms with van der Waals surface area (Å²) in [7, 11) is 0. The number of ketones is 2. The first-order valence-electron chi connectivity index (χ1n) is 27.9. The van der Waals surface area contributed by atoms with Crippen molar-refractivity contribution in [1.82, 2.24) is 52.8 Å². The Morgan fingerprint density at radius 1 is 0.540 bits per heavy atom. The molecule has 1 heterocycles. The molecule has 10 amide bonds. The molecule has 1 aliphatic rings. The molecule has 0 aliphatic carbocycles. The SMILES string of the molecule is CSC[C@H](NC(=O)CNC(=O)[C@H](CC(C)C)NC(=O)[C@@H]1CCCN1C(=O)COCCNC(=O)[C@@H](CCC(=O)O)NC(=O)[C@@H](CCC(=O)O)NC(=O)[C@@H](CCC(=O)O)NC(=O)[C@@H](CCC(=O)O)CC(=O)[C@@H](CCC(=O)O)NC(C)=O)C(=O)N[C@@H](C)C(C)=O. The molecule has 87 heavy (non-hydrogen) atoms. The predicted molar refractivity (Wildman–Crippen MR) is 302 cm³/mol. The maximum absolute atomic E-state index is 13.8. The molecule has 0 saturated carbocycles. The van der Waals surface area contributed by atoms with Crippen molar-refractivity contribution in [3.63, 3.8) is 0 Å².